The Labute approximate surface area is 104 Å². The maximum atomic E-state index is 8.85. The molecule has 0 spiro atoms. The molecule has 0 saturated carbocycles. The van der Waals surface area contributed by atoms with Crippen molar-refractivity contribution in [1.29, 1.82) is 0 Å². The van der Waals surface area contributed by atoms with Crippen molar-refractivity contribution in [1.82, 2.24) is 5.32 Å². The number of nitrogens with one attached hydrogen (secondary N) is 1. The zero-order chi connectivity index (χ0) is 12.7. The van der Waals surface area contributed by atoms with Crippen molar-refractivity contribution in [3.63, 3.8) is 0 Å². The third-order valence-corrected chi connectivity index (χ3v) is 2.74. The number of hydrogen-bond donors (Lipinski definition) is 2. The summed E-state index contributed by atoms with van der Waals surface area (Å²) in [5.74, 6) is 1.00. The summed E-state index contributed by atoms with van der Waals surface area (Å²) >= 11 is 0. The van der Waals surface area contributed by atoms with E-state index in [0.29, 0.717) is 6.61 Å². The van der Waals surface area contributed by atoms with Gasteiger partial charge in [0, 0.05) is 6.04 Å². The van der Waals surface area contributed by atoms with Gasteiger partial charge in [0.1, 0.15) is 5.75 Å². The topological polar surface area (TPSA) is 41.5 Å². The third kappa shape index (κ3) is 4.75. The number of benzene rings is 1. The van der Waals surface area contributed by atoms with Gasteiger partial charge >= 0.3 is 0 Å². The van der Waals surface area contributed by atoms with E-state index in [-0.39, 0.29) is 12.6 Å². The first-order valence-corrected chi connectivity index (χ1v) is 6.18. The van der Waals surface area contributed by atoms with Crippen LogP contribution < -0.4 is 10.1 Å². The lowest BCUT2D eigenvalue weighted by Gasteiger charge is -2.13. The van der Waals surface area contributed by atoms with Crippen LogP contribution in [0.3, 0.4) is 0 Å². The minimum Gasteiger partial charge on any atom is -0.493 e. The molecule has 0 aliphatic carbocycles. The number of ether oxygens (including phenoxy) is 1. The molecule has 0 radical (unpaired) electrons. The predicted molar refractivity (Wildman–Crippen MR) is 70.6 cm³/mol. The molecule has 0 aliphatic rings. The Balaban J connectivity index is 2.27. The van der Waals surface area contributed by atoms with Gasteiger partial charge in [-0.05, 0) is 44.9 Å². The van der Waals surface area contributed by atoms with Crippen LogP contribution in [0.4, 0.5) is 0 Å². The van der Waals surface area contributed by atoms with Gasteiger partial charge < -0.3 is 15.2 Å². The van der Waals surface area contributed by atoms with Gasteiger partial charge in [-0.3, -0.25) is 0 Å². The van der Waals surface area contributed by atoms with Crippen molar-refractivity contribution in [2.45, 2.75) is 33.2 Å². The summed E-state index contributed by atoms with van der Waals surface area (Å²) in [5, 5.41) is 12.1. The summed E-state index contributed by atoms with van der Waals surface area (Å²) in [6.45, 7) is 7.84. The molecule has 0 aromatic heterocycles. The largest absolute Gasteiger partial charge is 0.493 e. The van der Waals surface area contributed by atoms with E-state index in [4.69, 9.17) is 9.84 Å². The van der Waals surface area contributed by atoms with Crippen molar-refractivity contribution < 1.29 is 9.84 Å². The van der Waals surface area contributed by atoms with Crippen LogP contribution >= 0.6 is 0 Å². The molecule has 1 aromatic rings. The second-order valence-corrected chi connectivity index (χ2v) is 4.46. The second kappa shape index (κ2) is 7.30. The molecule has 17 heavy (non-hydrogen) atoms. The highest BCUT2D eigenvalue weighted by molar-refractivity contribution is 5.39. The second-order valence-electron chi connectivity index (χ2n) is 4.46. The van der Waals surface area contributed by atoms with Gasteiger partial charge in [0.2, 0.25) is 0 Å². The van der Waals surface area contributed by atoms with Crippen molar-refractivity contribution in [2.24, 2.45) is 0 Å². The van der Waals surface area contributed by atoms with Crippen LogP contribution in [0.2, 0.25) is 0 Å². The van der Waals surface area contributed by atoms with E-state index in [1.165, 1.54) is 11.1 Å². The number of hydrogen-bond acceptors (Lipinski definition) is 3. The summed E-state index contributed by atoms with van der Waals surface area (Å²) in [6, 6.07) is 6.33. The molecule has 2 N–H and O–H groups in total. The van der Waals surface area contributed by atoms with E-state index < -0.39 is 0 Å². The van der Waals surface area contributed by atoms with E-state index >= 15 is 0 Å². The Kier molecular flexibility index (Phi) is 6.01. The number of aliphatic hydroxyl groups is 1. The number of para-hydroxylation sites is 1. The lowest BCUT2D eigenvalue weighted by atomic mass is 10.1. The van der Waals surface area contributed by atoms with E-state index in [9.17, 15) is 0 Å². The molecule has 0 fully saturated rings. The third-order valence-electron chi connectivity index (χ3n) is 2.74. The minimum absolute atomic E-state index is 0.162. The average Bonchev–Trinajstić information content (AvgIpc) is 2.31. The molecule has 3 nitrogen and oxygen atoms in total. The molecule has 0 aliphatic heterocycles. The molecule has 1 rings (SSSR count). The Morgan fingerprint density at radius 2 is 1.94 bits per heavy atom. The monoisotopic (exact) mass is 237 g/mol. The summed E-state index contributed by atoms with van der Waals surface area (Å²) in [5.41, 5.74) is 2.36. The summed E-state index contributed by atoms with van der Waals surface area (Å²) in [6.07, 6.45) is 0.943. The van der Waals surface area contributed by atoms with Crippen LogP contribution in [0.1, 0.15) is 24.5 Å². The quantitative estimate of drug-likeness (QED) is 0.713. The Morgan fingerprint density at radius 1 is 1.29 bits per heavy atom. The van der Waals surface area contributed by atoms with Gasteiger partial charge in [-0.15, -0.1) is 0 Å². The molecule has 96 valence electrons. The molecular formula is C14H23NO2. The number of aryl methyl sites for hydroxylation is 2. The summed E-state index contributed by atoms with van der Waals surface area (Å²) < 4.78 is 5.78. The lowest BCUT2D eigenvalue weighted by molar-refractivity contribution is 0.245. The molecule has 0 unspecified atom stereocenters. The zero-order valence-corrected chi connectivity index (χ0v) is 11.0. The number of aliphatic hydroxyl groups excluding tert-OH is 1. The van der Waals surface area contributed by atoms with Crippen LogP contribution in [0.5, 0.6) is 5.75 Å². The van der Waals surface area contributed by atoms with Crippen molar-refractivity contribution in [2.75, 3.05) is 19.8 Å². The van der Waals surface area contributed by atoms with Gasteiger partial charge in [0.25, 0.3) is 0 Å². The first-order chi connectivity index (χ1) is 8.15. The normalized spacial score (nSPS) is 12.5. The highest BCUT2D eigenvalue weighted by atomic mass is 16.5. The molecule has 1 aromatic carbocycles. The van der Waals surface area contributed by atoms with Gasteiger partial charge in [0.05, 0.1) is 13.2 Å². The molecule has 3 heteroatoms. The molecule has 0 heterocycles. The first-order valence-electron chi connectivity index (χ1n) is 6.18. The first kappa shape index (κ1) is 14.0. The van der Waals surface area contributed by atoms with E-state index in [0.717, 1.165) is 18.7 Å². The summed E-state index contributed by atoms with van der Waals surface area (Å²) in [4.78, 5) is 0. The van der Waals surface area contributed by atoms with Crippen molar-refractivity contribution in [3.8, 4) is 5.75 Å². The highest BCUT2D eigenvalue weighted by Crippen LogP contribution is 2.22. The van der Waals surface area contributed by atoms with E-state index in [2.05, 4.69) is 31.3 Å². The van der Waals surface area contributed by atoms with E-state index in [1.54, 1.807) is 0 Å². The Morgan fingerprint density at radius 3 is 2.53 bits per heavy atom. The molecule has 0 bridgehead atoms. The molecule has 0 amide bonds. The fourth-order valence-electron chi connectivity index (χ4n) is 1.69. The Hall–Kier alpha value is -1.06. The molecule has 1 atom stereocenters. The van der Waals surface area contributed by atoms with Crippen LogP contribution in [-0.2, 0) is 0 Å². The lowest BCUT2D eigenvalue weighted by Crippen LogP contribution is -2.30. The maximum Gasteiger partial charge on any atom is 0.125 e. The average molecular weight is 237 g/mol. The maximum absolute atomic E-state index is 8.85. The van der Waals surface area contributed by atoms with Crippen molar-refractivity contribution in [3.05, 3.63) is 29.3 Å². The number of rotatable bonds is 7. The van der Waals surface area contributed by atoms with Crippen LogP contribution in [-0.4, -0.2) is 30.9 Å². The SMILES string of the molecule is Cc1cccc(C)c1OCCCN[C@H](C)CO. The summed E-state index contributed by atoms with van der Waals surface area (Å²) in [7, 11) is 0. The standard InChI is InChI=1S/C14H23NO2/c1-11-6-4-7-12(2)14(11)17-9-5-8-15-13(3)10-16/h4,6-7,13,15-16H,5,8-10H2,1-3H3/t13-/m1/s1. The van der Waals surface area contributed by atoms with Gasteiger partial charge in [-0.25, -0.2) is 0 Å². The van der Waals surface area contributed by atoms with Crippen LogP contribution in [0.15, 0.2) is 18.2 Å². The smallest absolute Gasteiger partial charge is 0.125 e. The van der Waals surface area contributed by atoms with Crippen molar-refractivity contribution >= 4 is 0 Å². The van der Waals surface area contributed by atoms with Crippen LogP contribution in [0.25, 0.3) is 0 Å². The fourth-order valence-corrected chi connectivity index (χ4v) is 1.69. The highest BCUT2D eigenvalue weighted by Gasteiger charge is 2.03. The van der Waals surface area contributed by atoms with Crippen LogP contribution in [0, 0.1) is 13.8 Å². The molecular weight excluding hydrogens is 214 g/mol. The zero-order valence-electron chi connectivity index (χ0n) is 11.0. The molecule has 0 saturated heterocycles. The van der Waals surface area contributed by atoms with Gasteiger partial charge in [-0.1, -0.05) is 18.2 Å². The minimum atomic E-state index is 0.162. The fraction of sp³-hybridized carbons (Fsp3) is 0.571. The predicted octanol–water partition coefficient (Wildman–Crippen LogP) is 2.04. The van der Waals surface area contributed by atoms with Gasteiger partial charge in [-0.2, -0.15) is 0 Å². The van der Waals surface area contributed by atoms with E-state index in [1.807, 2.05) is 13.0 Å². The Bertz CT molecular complexity index is 319. The van der Waals surface area contributed by atoms with Gasteiger partial charge in [0.15, 0.2) is 0 Å².